The first kappa shape index (κ1) is 21.9. The fraction of sp³-hybridized carbons (Fsp3) is 0.591. The fourth-order valence-corrected chi connectivity index (χ4v) is 3.86. The normalized spacial score (nSPS) is 13.1. The van der Waals surface area contributed by atoms with Crippen LogP contribution in [0.3, 0.4) is 0 Å². The maximum Gasteiger partial charge on any atom is 0.139 e. The fourth-order valence-electron chi connectivity index (χ4n) is 3.10. The van der Waals surface area contributed by atoms with E-state index in [0.29, 0.717) is 6.73 Å². The molecule has 2 aromatic rings. The number of hydrogen-bond donors (Lipinski definition) is 1. The van der Waals surface area contributed by atoms with Crippen molar-refractivity contribution in [3.8, 4) is 0 Å². The Bertz CT molecular complexity index is 665. The van der Waals surface area contributed by atoms with E-state index in [4.69, 9.17) is 4.74 Å². The quantitative estimate of drug-likeness (QED) is 0.401. The van der Waals surface area contributed by atoms with Crippen molar-refractivity contribution in [1.29, 1.82) is 0 Å². The second kappa shape index (κ2) is 10.8. The van der Waals surface area contributed by atoms with Crippen LogP contribution in [0.4, 0.5) is 0 Å². The van der Waals surface area contributed by atoms with Gasteiger partial charge in [0.15, 0.2) is 0 Å². The van der Waals surface area contributed by atoms with Gasteiger partial charge in [-0.3, -0.25) is 0 Å². The molecule has 150 valence electrons. The molecular weight excluding hydrogens is 352 g/mol. The predicted molar refractivity (Wildman–Crippen MR) is 115 cm³/mol. The van der Waals surface area contributed by atoms with E-state index < -0.39 is 14.2 Å². The summed E-state index contributed by atoms with van der Waals surface area (Å²) in [5.41, 5.74) is 3.30. The first-order chi connectivity index (χ1) is 12.9. The standard InChI is InChI=1S/C22H36N2O2Si/c1-5-10-20-17-24(18-26-15-16-27(2,3)4)23-22(20)21(25)14-9-13-19-11-7-6-8-12-19/h6-8,11-12,17,21,25H,5,9-10,13-16,18H2,1-4H3. The molecular formula is C22H36N2O2Si. The molecule has 0 bridgehead atoms. The van der Waals surface area contributed by atoms with Gasteiger partial charge in [-0.25, -0.2) is 4.68 Å². The van der Waals surface area contributed by atoms with Crippen LogP contribution in [0.5, 0.6) is 0 Å². The molecule has 0 amide bonds. The summed E-state index contributed by atoms with van der Waals surface area (Å²) in [6, 6.07) is 11.6. The minimum absolute atomic E-state index is 0.470. The van der Waals surface area contributed by atoms with Gasteiger partial charge in [0.25, 0.3) is 0 Å². The van der Waals surface area contributed by atoms with E-state index in [-0.39, 0.29) is 0 Å². The van der Waals surface area contributed by atoms with Crippen molar-refractivity contribution in [3.63, 3.8) is 0 Å². The molecule has 0 aliphatic carbocycles. The molecule has 0 radical (unpaired) electrons. The number of hydrogen-bond acceptors (Lipinski definition) is 3. The van der Waals surface area contributed by atoms with Crippen LogP contribution in [-0.4, -0.2) is 29.6 Å². The molecule has 0 aliphatic heterocycles. The highest BCUT2D eigenvalue weighted by atomic mass is 28.3. The van der Waals surface area contributed by atoms with Crippen LogP contribution in [0.1, 0.15) is 49.1 Å². The second-order valence-electron chi connectivity index (χ2n) is 8.57. The zero-order chi connectivity index (χ0) is 19.7. The van der Waals surface area contributed by atoms with Gasteiger partial charge in [0.2, 0.25) is 0 Å². The lowest BCUT2D eigenvalue weighted by atomic mass is 10.0. The Hall–Kier alpha value is -1.43. The third kappa shape index (κ3) is 7.99. The van der Waals surface area contributed by atoms with Crippen molar-refractivity contribution in [2.45, 2.75) is 77.5 Å². The maximum absolute atomic E-state index is 10.7. The number of aryl methyl sites for hydroxylation is 2. The van der Waals surface area contributed by atoms with Gasteiger partial charge in [0.1, 0.15) is 6.73 Å². The zero-order valence-electron chi connectivity index (χ0n) is 17.4. The van der Waals surface area contributed by atoms with Crippen LogP contribution < -0.4 is 0 Å². The van der Waals surface area contributed by atoms with Crippen molar-refractivity contribution in [2.75, 3.05) is 6.61 Å². The third-order valence-corrected chi connectivity index (χ3v) is 6.41. The van der Waals surface area contributed by atoms with Gasteiger partial charge in [0, 0.05) is 20.9 Å². The lowest BCUT2D eigenvalue weighted by Gasteiger charge is -2.15. The van der Waals surface area contributed by atoms with Crippen molar-refractivity contribution < 1.29 is 9.84 Å². The molecule has 2 rings (SSSR count). The Balaban J connectivity index is 1.88. The first-order valence-corrected chi connectivity index (χ1v) is 14.0. The summed E-state index contributed by atoms with van der Waals surface area (Å²) in [5, 5.41) is 15.3. The van der Waals surface area contributed by atoms with Gasteiger partial charge < -0.3 is 9.84 Å². The van der Waals surface area contributed by atoms with Crippen LogP contribution in [-0.2, 0) is 24.3 Å². The number of aromatic nitrogens is 2. The van der Waals surface area contributed by atoms with Crippen molar-refractivity contribution in [3.05, 3.63) is 53.3 Å². The predicted octanol–water partition coefficient (Wildman–Crippen LogP) is 5.20. The summed E-state index contributed by atoms with van der Waals surface area (Å²) in [5.74, 6) is 0. The lowest BCUT2D eigenvalue weighted by Crippen LogP contribution is -2.22. The average Bonchev–Trinajstić information content (AvgIpc) is 3.02. The molecule has 0 aliphatic rings. The zero-order valence-corrected chi connectivity index (χ0v) is 18.4. The van der Waals surface area contributed by atoms with Crippen LogP contribution in [0.15, 0.2) is 36.5 Å². The highest BCUT2D eigenvalue weighted by Crippen LogP contribution is 2.23. The number of nitrogens with zero attached hydrogens (tertiary/aromatic N) is 2. The lowest BCUT2D eigenvalue weighted by molar-refractivity contribution is 0.0767. The molecule has 1 heterocycles. The van der Waals surface area contributed by atoms with Crippen LogP contribution in [0.25, 0.3) is 0 Å². The highest BCUT2D eigenvalue weighted by Gasteiger charge is 2.17. The van der Waals surface area contributed by atoms with Crippen molar-refractivity contribution in [1.82, 2.24) is 9.78 Å². The van der Waals surface area contributed by atoms with Crippen molar-refractivity contribution >= 4 is 8.07 Å². The van der Waals surface area contributed by atoms with Crippen LogP contribution in [0.2, 0.25) is 25.7 Å². The number of rotatable bonds is 12. The number of aliphatic hydroxyl groups excluding tert-OH is 1. The summed E-state index contributed by atoms with van der Waals surface area (Å²) >= 11 is 0. The summed E-state index contributed by atoms with van der Waals surface area (Å²) < 4.78 is 7.67. The topological polar surface area (TPSA) is 47.3 Å². The number of aliphatic hydroxyl groups is 1. The third-order valence-electron chi connectivity index (χ3n) is 4.71. The summed E-state index contributed by atoms with van der Waals surface area (Å²) in [6.45, 7) is 10.5. The number of ether oxygens (including phenoxy) is 1. The maximum atomic E-state index is 10.7. The molecule has 5 heteroatoms. The summed E-state index contributed by atoms with van der Waals surface area (Å²) in [6.07, 6.45) is 6.22. The molecule has 0 spiro atoms. The Morgan fingerprint density at radius 3 is 2.56 bits per heavy atom. The van der Waals surface area contributed by atoms with Gasteiger partial charge in [-0.1, -0.05) is 63.3 Å². The summed E-state index contributed by atoms with van der Waals surface area (Å²) in [7, 11) is -1.07. The Kier molecular flexibility index (Phi) is 8.73. The van der Waals surface area contributed by atoms with E-state index >= 15 is 0 Å². The molecule has 4 nitrogen and oxygen atoms in total. The molecule has 1 atom stereocenters. The smallest absolute Gasteiger partial charge is 0.139 e. The number of benzene rings is 1. The molecule has 1 aromatic heterocycles. The Labute approximate surface area is 165 Å². The SMILES string of the molecule is CCCc1cn(COCC[Si](C)(C)C)nc1C(O)CCCc1ccccc1. The van der Waals surface area contributed by atoms with E-state index in [2.05, 4.69) is 55.9 Å². The molecule has 0 fully saturated rings. The van der Waals surface area contributed by atoms with Gasteiger partial charge in [-0.2, -0.15) is 5.10 Å². The average molecular weight is 389 g/mol. The molecule has 0 saturated heterocycles. The van der Waals surface area contributed by atoms with E-state index in [1.165, 1.54) is 5.56 Å². The largest absolute Gasteiger partial charge is 0.387 e. The van der Waals surface area contributed by atoms with E-state index in [9.17, 15) is 5.11 Å². The molecule has 27 heavy (non-hydrogen) atoms. The molecule has 1 N–H and O–H groups in total. The minimum atomic E-state index is -1.07. The molecule has 1 unspecified atom stereocenters. The Morgan fingerprint density at radius 1 is 1.15 bits per heavy atom. The minimum Gasteiger partial charge on any atom is -0.387 e. The van der Waals surface area contributed by atoms with Crippen LogP contribution >= 0.6 is 0 Å². The van der Waals surface area contributed by atoms with E-state index in [0.717, 1.165) is 56.0 Å². The van der Waals surface area contributed by atoms with E-state index in [1.54, 1.807) is 0 Å². The Morgan fingerprint density at radius 2 is 1.89 bits per heavy atom. The highest BCUT2D eigenvalue weighted by molar-refractivity contribution is 6.76. The molecule has 1 aromatic carbocycles. The van der Waals surface area contributed by atoms with Crippen molar-refractivity contribution in [2.24, 2.45) is 0 Å². The van der Waals surface area contributed by atoms with Gasteiger partial charge in [-0.15, -0.1) is 0 Å². The molecule has 0 saturated carbocycles. The monoisotopic (exact) mass is 388 g/mol. The summed E-state index contributed by atoms with van der Waals surface area (Å²) in [4.78, 5) is 0. The van der Waals surface area contributed by atoms with E-state index in [1.807, 2.05) is 16.9 Å². The second-order valence-corrected chi connectivity index (χ2v) is 14.2. The van der Waals surface area contributed by atoms with Gasteiger partial charge in [0.05, 0.1) is 11.8 Å². The van der Waals surface area contributed by atoms with Gasteiger partial charge >= 0.3 is 0 Å². The first-order valence-electron chi connectivity index (χ1n) is 10.2. The van der Waals surface area contributed by atoms with Gasteiger partial charge in [-0.05, 0) is 42.9 Å². The van der Waals surface area contributed by atoms with Crippen LogP contribution in [0, 0.1) is 0 Å².